The van der Waals surface area contributed by atoms with Crippen LogP contribution in [0.3, 0.4) is 0 Å². The number of nitrogens with one attached hydrogen (secondary N) is 2. The van der Waals surface area contributed by atoms with Crippen LogP contribution in [-0.2, 0) is 10.0 Å². The van der Waals surface area contributed by atoms with Crippen LogP contribution in [0.2, 0.25) is 0 Å². The summed E-state index contributed by atoms with van der Waals surface area (Å²) >= 11 is 1.43. The fraction of sp³-hybridized carbons (Fsp3) is 0.455. The Morgan fingerprint density at radius 3 is 2.59 bits per heavy atom. The van der Waals surface area contributed by atoms with E-state index in [1.54, 1.807) is 12.1 Å². The lowest BCUT2D eigenvalue weighted by Gasteiger charge is -2.09. The standard InChI is InChI=1S/C11H18N2O2S2/c1-3-12-8-9-13-17(14,15)11-7-5-4-6-10(11)16-2/h4-7,12-13H,3,8-9H2,1-2H3. The topological polar surface area (TPSA) is 58.2 Å². The van der Waals surface area contributed by atoms with Crippen LogP contribution in [0.5, 0.6) is 0 Å². The zero-order valence-corrected chi connectivity index (χ0v) is 11.7. The number of hydrogen-bond acceptors (Lipinski definition) is 4. The molecule has 1 aromatic carbocycles. The van der Waals surface area contributed by atoms with Gasteiger partial charge < -0.3 is 5.32 Å². The van der Waals surface area contributed by atoms with E-state index in [2.05, 4.69) is 10.0 Å². The molecule has 17 heavy (non-hydrogen) atoms. The fourth-order valence-corrected chi connectivity index (χ4v) is 3.55. The van der Waals surface area contributed by atoms with E-state index in [0.717, 1.165) is 11.4 Å². The highest BCUT2D eigenvalue weighted by Gasteiger charge is 2.16. The van der Waals surface area contributed by atoms with Crippen molar-refractivity contribution in [3.05, 3.63) is 24.3 Å². The Kier molecular flexibility index (Phi) is 5.97. The highest BCUT2D eigenvalue weighted by atomic mass is 32.2. The molecule has 1 aromatic rings. The first-order valence-electron chi connectivity index (χ1n) is 5.45. The first kappa shape index (κ1) is 14.5. The molecule has 0 amide bonds. The van der Waals surface area contributed by atoms with E-state index < -0.39 is 10.0 Å². The Morgan fingerprint density at radius 1 is 1.24 bits per heavy atom. The Hall–Kier alpha value is -0.560. The van der Waals surface area contributed by atoms with Gasteiger partial charge in [0.25, 0.3) is 0 Å². The number of rotatable bonds is 7. The van der Waals surface area contributed by atoms with Crippen LogP contribution in [0.15, 0.2) is 34.1 Å². The molecule has 4 nitrogen and oxygen atoms in total. The fourth-order valence-electron chi connectivity index (χ4n) is 1.37. The number of benzene rings is 1. The molecule has 0 aromatic heterocycles. The molecular formula is C11H18N2O2S2. The van der Waals surface area contributed by atoms with Crippen molar-refractivity contribution in [3.63, 3.8) is 0 Å². The summed E-state index contributed by atoms with van der Waals surface area (Å²) in [4.78, 5) is 1.12. The van der Waals surface area contributed by atoms with Gasteiger partial charge in [-0.1, -0.05) is 19.1 Å². The Morgan fingerprint density at radius 2 is 1.94 bits per heavy atom. The lowest BCUT2D eigenvalue weighted by molar-refractivity contribution is 0.575. The lowest BCUT2D eigenvalue weighted by atomic mass is 10.4. The minimum Gasteiger partial charge on any atom is -0.316 e. The molecule has 0 fully saturated rings. The molecule has 6 heteroatoms. The first-order valence-corrected chi connectivity index (χ1v) is 8.16. The van der Waals surface area contributed by atoms with Gasteiger partial charge in [-0.25, -0.2) is 13.1 Å². The molecule has 0 aliphatic carbocycles. The number of likely N-dealkylation sites (N-methyl/N-ethyl adjacent to an activating group) is 1. The van der Waals surface area contributed by atoms with Crippen molar-refractivity contribution in [1.29, 1.82) is 0 Å². The molecule has 0 heterocycles. The first-order chi connectivity index (χ1) is 8.11. The maximum Gasteiger partial charge on any atom is 0.241 e. The summed E-state index contributed by atoms with van der Waals surface area (Å²) in [5.74, 6) is 0. The van der Waals surface area contributed by atoms with Crippen molar-refractivity contribution in [1.82, 2.24) is 10.0 Å². The van der Waals surface area contributed by atoms with Crippen molar-refractivity contribution >= 4 is 21.8 Å². The summed E-state index contributed by atoms with van der Waals surface area (Å²) in [6.45, 7) is 3.86. The quantitative estimate of drug-likeness (QED) is 0.581. The van der Waals surface area contributed by atoms with Gasteiger partial charge in [-0.3, -0.25) is 0 Å². The summed E-state index contributed by atoms with van der Waals surface area (Å²) in [5, 5.41) is 3.07. The number of sulfonamides is 1. The highest BCUT2D eigenvalue weighted by molar-refractivity contribution is 7.99. The summed E-state index contributed by atoms with van der Waals surface area (Å²) in [6.07, 6.45) is 1.87. The lowest BCUT2D eigenvalue weighted by Crippen LogP contribution is -2.32. The van der Waals surface area contributed by atoms with E-state index in [1.807, 2.05) is 25.3 Å². The molecule has 1 rings (SSSR count). The zero-order chi connectivity index (χ0) is 12.7. The smallest absolute Gasteiger partial charge is 0.241 e. The zero-order valence-electron chi connectivity index (χ0n) is 10.1. The third-order valence-electron chi connectivity index (χ3n) is 2.20. The van der Waals surface area contributed by atoms with E-state index in [4.69, 9.17) is 0 Å². The molecule has 2 N–H and O–H groups in total. The van der Waals surface area contributed by atoms with Gasteiger partial charge in [0.15, 0.2) is 0 Å². The summed E-state index contributed by atoms with van der Waals surface area (Å²) in [5.41, 5.74) is 0. The molecule has 0 saturated carbocycles. The monoisotopic (exact) mass is 274 g/mol. The molecule has 0 unspecified atom stereocenters. The van der Waals surface area contributed by atoms with Gasteiger partial charge >= 0.3 is 0 Å². The van der Waals surface area contributed by atoms with Gasteiger partial charge in [0, 0.05) is 18.0 Å². The normalized spacial score (nSPS) is 11.6. The molecule has 0 atom stereocenters. The highest BCUT2D eigenvalue weighted by Crippen LogP contribution is 2.23. The molecule has 0 radical (unpaired) electrons. The van der Waals surface area contributed by atoms with Gasteiger partial charge in [-0.05, 0) is 24.9 Å². The second-order valence-electron chi connectivity index (χ2n) is 3.40. The van der Waals surface area contributed by atoms with E-state index in [0.29, 0.717) is 18.0 Å². The summed E-state index contributed by atoms with van der Waals surface area (Å²) in [7, 11) is -3.39. The van der Waals surface area contributed by atoms with Gasteiger partial charge in [-0.15, -0.1) is 11.8 Å². The van der Waals surface area contributed by atoms with Crippen molar-refractivity contribution in [2.75, 3.05) is 25.9 Å². The predicted octanol–water partition coefficient (Wildman–Crippen LogP) is 1.30. The van der Waals surface area contributed by atoms with E-state index >= 15 is 0 Å². The Balaban J connectivity index is 2.75. The van der Waals surface area contributed by atoms with Gasteiger partial charge in [0.1, 0.15) is 0 Å². The largest absolute Gasteiger partial charge is 0.316 e. The van der Waals surface area contributed by atoms with E-state index in [1.165, 1.54) is 11.8 Å². The van der Waals surface area contributed by atoms with Crippen LogP contribution >= 0.6 is 11.8 Å². The molecule has 0 aliphatic rings. The molecule has 0 aliphatic heterocycles. The molecular weight excluding hydrogens is 256 g/mol. The van der Waals surface area contributed by atoms with Crippen molar-refractivity contribution in [2.24, 2.45) is 0 Å². The average Bonchev–Trinajstić information content (AvgIpc) is 2.34. The second kappa shape index (κ2) is 7.00. The van der Waals surface area contributed by atoms with Crippen LogP contribution in [0, 0.1) is 0 Å². The van der Waals surface area contributed by atoms with Crippen LogP contribution < -0.4 is 10.0 Å². The van der Waals surface area contributed by atoms with Crippen LogP contribution in [0.1, 0.15) is 6.92 Å². The van der Waals surface area contributed by atoms with Gasteiger partial charge in [-0.2, -0.15) is 0 Å². The second-order valence-corrected chi connectivity index (χ2v) is 5.99. The molecule has 0 saturated heterocycles. The summed E-state index contributed by atoms with van der Waals surface area (Å²) in [6, 6.07) is 7.01. The van der Waals surface area contributed by atoms with E-state index in [-0.39, 0.29) is 0 Å². The van der Waals surface area contributed by atoms with Crippen LogP contribution in [-0.4, -0.2) is 34.3 Å². The number of hydrogen-bond donors (Lipinski definition) is 2. The predicted molar refractivity (Wildman–Crippen MR) is 72.0 cm³/mol. The van der Waals surface area contributed by atoms with Crippen molar-refractivity contribution in [2.45, 2.75) is 16.7 Å². The van der Waals surface area contributed by atoms with E-state index in [9.17, 15) is 8.42 Å². The SMILES string of the molecule is CCNCCNS(=O)(=O)c1ccccc1SC. The third kappa shape index (κ3) is 4.31. The van der Waals surface area contributed by atoms with Crippen molar-refractivity contribution in [3.8, 4) is 0 Å². The van der Waals surface area contributed by atoms with Crippen molar-refractivity contribution < 1.29 is 8.42 Å². The Labute approximate surface area is 107 Å². The average molecular weight is 274 g/mol. The maximum atomic E-state index is 12.0. The maximum absolute atomic E-state index is 12.0. The molecule has 0 bridgehead atoms. The van der Waals surface area contributed by atoms with Crippen LogP contribution in [0.25, 0.3) is 0 Å². The Bertz CT molecular complexity index is 447. The van der Waals surface area contributed by atoms with Crippen LogP contribution in [0.4, 0.5) is 0 Å². The minimum absolute atomic E-state index is 0.351. The summed E-state index contributed by atoms with van der Waals surface area (Å²) < 4.78 is 26.6. The third-order valence-corrected chi connectivity index (χ3v) is 4.65. The number of thioether (sulfide) groups is 1. The minimum atomic E-state index is -3.39. The molecule has 96 valence electrons. The van der Waals surface area contributed by atoms with Gasteiger partial charge in [0.05, 0.1) is 4.90 Å². The van der Waals surface area contributed by atoms with Gasteiger partial charge in [0.2, 0.25) is 10.0 Å². The molecule has 0 spiro atoms.